The number of carbonyl (C=O) groups excluding carboxylic acids is 1. The highest BCUT2D eigenvalue weighted by molar-refractivity contribution is 5.89. The second kappa shape index (κ2) is 7.17. The summed E-state index contributed by atoms with van der Waals surface area (Å²) in [5.41, 5.74) is 1.88. The first-order valence-electron chi connectivity index (χ1n) is 7.50. The number of likely N-dealkylation sites (tertiary alicyclic amines) is 1. The first kappa shape index (κ1) is 14.7. The zero-order valence-corrected chi connectivity index (χ0v) is 12.4. The van der Waals surface area contributed by atoms with Crippen LogP contribution in [0.25, 0.3) is 0 Å². The largest absolute Gasteiger partial charge is 0.494 e. The van der Waals surface area contributed by atoms with Gasteiger partial charge in [-0.05, 0) is 50.5 Å². The van der Waals surface area contributed by atoms with E-state index in [1.807, 2.05) is 36.9 Å². The Bertz CT molecular complexity index is 452. The highest BCUT2D eigenvalue weighted by Crippen LogP contribution is 2.22. The minimum atomic E-state index is 0.00969. The lowest BCUT2D eigenvalue weighted by atomic mass is 10.2. The molecule has 110 valence electrons. The van der Waals surface area contributed by atoms with Gasteiger partial charge in [-0.1, -0.05) is 12.8 Å². The summed E-state index contributed by atoms with van der Waals surface area (Å²) >= 11 is 0. The number of hydrogen-bond donors (Lipinski definition) is 1. The number of hydrogen-bond acceptors (Lipinski definition) is 2. The van der Waals surface area contributed by atoms with E-state index in [4.69, 9.17) is 4.74 Å². The molecule has 1 aromatic rings. The molecule has 1 aliphatic heterocycles. The number of nitrogens with zero attached hydrogens (tertiary/aromatic N) is 1. The Balaban J connectivity index is 1.98. The Labute approximate surface area is 121 Å². The highest BCUT2D eigenvalue weighted by Gasteiger charge is 2.15. The highest BCUT2D eigenvalue weighted by atomic mass is 16.5. The number of amides is 2. The zero-order chi connectivity index (χ0) is 14.4. The fourth-order valence-corrected chi connectivity index (χ4v) is 2.52. The summed E-state index contributed by atoms with van der Waals surface area (Å²) in [5.74, 6) is 0.875. The van der Waals surface area contributed by atoms with Crippen LogP contribution in [-0.4, -0.2) is 30.6 Å². The van der Waals surface area contributed by atoms with E-state index in [-0.39, 0.29) is 6.03 Å². The maximum absolute atomic E-state index is 12.2. The van der Waals surface area contributed by atoms with Crippen molar-refractivity contribution in [3.8, 4) is 5.75 Å². The quantitative estimate of drug-likeness (QED) is 0.912. The molecule has 0 bridgehead atoms. The van der Waals surface area contributed by atoms with Crippen LogP contribution in [0.2, 0.25) is 0 Å². The molecular weight excluding hydrogens is 252 g/mol. The number of rotatable bonds is 3. The molecule has 1 aliphatic rings. The third kappa shape index (κ3) is 3.89. The zero-order valence-electron chi connectivity index (χ0n) is 12.4. The van der Waals surface area contributed by atoms with Crippen molar-refractivity contribution >= 4 is 11.7 Å². The third-order valence-corrected chi connectivity index (χ3v) is 3.62. The lowest BCUT2D eigenvalue weighted by Gasteiger charge is -2.21. The summed E-state index contributed by atoms with van der Waals surface area (Å²) in [4.78, 5) is 14.1. The third-order valence-electron chi connectivity index (χ3n) is 3.62. The van der Waals surface area contributed by atoms with Crippen molar-refractivity contribution in [1.29, 1.82) is 0 Å². The van der Waals surface area contributed by atoms with Gasteiger partial charge in [-0.15, -0.1) is 0 Å². The molecule has 0 unspecified atom stereocenters. The predicted octanol–water partition coefficient (Wildman–Crippen LogP) is 3.80. The molecule has 2 rings (SSSR count). The van der Waals surface area contributed by atoms with Crippen molar-refractivity contribution in [1.82, 2.24) is 4.90 Å². The van der Waals surface area contributed by atoms with Crippen LogP contribution in [0.1, 0.15) is 38.2 Å². The van der Waals surface area contributed by atoms with Gasteiger partial charge in [0.15, 0.2) is 0 Å². The first-order valence-corrected chi connectivity index (χ1v) is 7.50. The average molecular weight is 276 g/mol. The van der Waals surface area contributed by atoms with Crippen LogP contribution in [0.5, 0.6) is 5.75 Å². The Morgan fingerprint density at radius 3 is 2.55 bits per heavy atom. The summed E-state index contributed by atoms with van der Waals surface area (Å²) < 4.78 is 5.51. The summed E-state index contributed by atoms with van der Waals surface area (Å²) in [6, 6.07) is 5.78. The molecule has 1 saturated heterocycles. The molecule has 0 aromatic heterocycles. The number of nitrogens with one attached hydrogen (secondary N) is 1. The van der Waals surface area contributed by atoms with E-state index in [1.165, 1.54) is 12.8 Å². The van der Waals surface area contributed by atoms with E-state index in [9.17, 15) is 4.79 Å². The van der Waals surface area contributed by atoms with Crippen molar-refractivity contribution in [3.05, 3.63) is 23.8 Å². The van der Waals surface area contributed by atoms with E-state index in [1.54, 1.807) is 0 Å². The molecule has 0 saturated carbocycles. The average Bonchev–Trinajstić information content (AvgIpc) is 2.71. The van der Waals surface area contributed by atoms with Crippen molar-refractivity contribution in [2.45, 2.75) is 39.5 Å². The van der Waals surface area contributed by atoms with Crippen molar-refractivity contribution < 1.29 is 9.53 Å². The summed E-state index contributed by atoms with van der Waals surface area (Å²) in [6.07, 6.45) is 4.67. The van der Waals surface area contributed by atoms with Gasteiger partial charge in [-0.25, -0.2) is 4.79 Å². The standard InChI is InChI=1S/C16H24N2O2/c1-3-20-15-9-8-14(12-13(15)2)17-16(19)18-10-6-4-5-7-11-18/h8-9,12H,3-7,10-11H2,1-2H3,(H,17,19). The summed E-state index contributed by atoms with van der Waals surface area (Å²) in [5, 5.41) is 2.98. The predicted molar refractivity (Wildman–Crippen MR) is 81.4 cm³/mol. The molecular formula is C16H24N2O2. The number of urea groups is 1. The molecule has 1 fully saturated rings. The number of anilines is 1. The number of ether oxygens (including phenoxy) is 1. The van der Waals surface area contributed by atoms with Crippen molar-refractivity contribution in [2.24, 2.45) is 0 Å². The Hall–Kier alpha value is -1.71. The van der Waals surface area contributed by atoms with E-state index >= 15 is 0 Å². The molecule has 1 aromatic carbocycles. The van der Waals surface area contributed by atoms with E-state index in [0.29, 0.717) is 6.61 Å². The van der Waals surface area contributed by atoms with Crippen molar-refractivity contribution in [2.75, 3.05) is 25.0 Å². The number of aryl methyl sites for hydroxylation is 1. The van der Waals surface area contributed by atoms with Crippen LogP contribution in [0, 0.1) is 6.92 Å². The van der Waals surface area contributed by atoms with Crippen LogP contribution in [-0.2, 0) is 0 Å². The van der Waals surface area contributed by atoms with Crippen LogP contribution < -0.4 is 10.1 Å². The van der Waals surface area contributed by atoms with E-state index in [2.05, 4.69) is 5.32 Å². The Morgan fingerprint density at radius 1 is 1.25 bits per heavy atom. The topological polar surface area (TPSA) is 41.6 Å². The fraction of sp³-hybridized carbons (Fsp3) is 0.562. The van der Waals surface area contributed by atoms with Gasteiger partial charge < -0.3 is 15.0 Å². The smallest absolute Gasteiger partial charge is 0.321 e. The summed E-state index contributed by atoms with van der Waals surface area (Å²) in [7, 11) is 0. The maximum Gasteiger partial charge on any atom is 0.321 e. The van der Waals surface area contributed by atoms with Gasteiger partial charge in [0.25, 0.3) is 0 Å². The van der Waals surface area contributed by atoms with Crippen LogP contribution >= 0.6 is 0 Å². The second-order valence-corrected chi connectivity index (χ2v) is 5.24. The SMILES string of the molecule is CCOc1ccc(NC(=O)N2CCCCCC2)cc1C. The lowest BCUT2D eigenvalue weighted by molar-refractivity contribution is 0.214. The van der Waals surface area contributed by atoms with Gasteiger partial charge >= 0.3 is 6.03 Å². The van der Waals surface area contributed by atoms with E-state index in [0.717, 1.165) is 42.9 Å². The van der Waals surface area contributed by atoms with Crippen molar-refractivity contribution in [3.63, 3.8) is 0 Å². The molecule has 0 spiro atoms. The molecule has 20 heavy (non-hydrogen) atoms. The number of benzene rings is 1. The molecule has 1 N–H and O–H groups in total. The van der Waals surface area contributed by atoms with Gasteiger partial charge in [0, 0.05) is 18.8 Å². The molecule has 2 amide bonds. The minimum absolute atomic E-state index is 0.00969. The van der Waals surface area contributed by atoms with Gasteiger partial charge in [0.2, 0.25) is 0 Å². The van der Waals surface area contributed by atoms with Crippen LogP contribution in [0.3, 0.4) is 0 Å². The van der Waals surface area contributed by atoms with E-state index < -0.39 is 0 Å². The summed E-state index contributed by atoms with van der Waals surface area (Å²) in [6.45, 7) is 6.34. The van der Waals surface area contributed by atoms with Gasteiger partial charge in [0.05, 0.1) is 6.61 Å². The molecule has 4 heteroatoms. The molecule has 1 heterocycles. The second-order valence-electron chi connectivity index (χ2n) is 5.24. The lowest BCUT2D eigenvalue weighted by Crippen LogP contribution is -2.35. The van der Waals surface area contributed by atoms with Gasteiger partial charge in [-0.3, -0.25) is 0 Å². The maximum atomic E-state index is 12.2. The molecule has 0 radical (unpaired) electrons. The Morgan fingerprint density at radius 2 is 1.95 bits per heavy atom. The van der Waals surface area contributed by atoms with Crippen LogP contribution in [0.4, 0.5) is 10.5 Å². The number of carbonyl (C=O) groups is 1. The van der Waals surface area contributed by atoms with Gasteiger partial charge in [0.1, 0.15) is 5.75 Å². The van der Waals surface area contributed by atoms with Crippen LogP contribution in [0.15, 0.2) is 18.2 Å². The Kier molecular flexibility index (Phi) is 5.27. The monoisotopic (exact) mass is 276 g/mol. The fourth-order valence-electron chi connectivity index (χ4n) is 2.52. The molecule has 0 aliphatic carbocycles. The minimum Gasteiger partial charge on any atom is -0.494 e. The van der Waals surface area contributed by atoms with Gasteiger partial charge in [-0.2, -0.15) is 0 Å². The first-order chi connectivity index (χ1) is 9.70. The molecule has 4 nitrogen and oxygen atoms in total. The normalized spacial score (nSPS) is 15.6. The molecule has 0 atom stereocenters.